The van der Waals surface area contributed by atoms with Gasteiger partial charge < -0.3 is 15.3 Å². The Balaban J connectivity index is 0. The van der Waals surface area contributed by atoms with Gasteiger partial charge in [-0.1, -0.05) is 0 Å². The SMILES string of the molecule is CC(C(=O)O)N(C)C.O=C(O)C=CC(=O)O. The van der Waals surface area contributed by atoms with Crippen molar-refractivity contribution >= 4 is 17.9 Å². The normalized spacial score (nSPS) is 11.8. The Hall–Kier alpha value is -1.89. The second-order valence-electron chi connectivity index (χ2n) is 2.99. The lowest BCUT2D eigenvalue weighted by Gasteiger charge is -2.13. The Labute approximate surface area is 92.6 Å². The van der Waals surface area contributed by atoms with Crippen LogP contribution in [0.25, 0.3) is 0 Å². The molecule has 0 aromatic rings. The average molecular weight is 233 g/mol. The fourth-order valence-electron chi connectivity index (χ4n) is 0.363. The Morgan fingerprint density at radius 1 is 1.00 bits per heavy atom. The third-order valence-electron chi connectivity index (χ3n) is 1.50. The molecule has 3 N–H and O–H groups in total. The minimum absolute atomic E-state index is 0.380. The summed E-state index contributed by atoms with van der Waals surface area (Å²) in [5.41, 5.74) is 0. The summed E-state index contributed by atoms with van der Waals surface area (Å²) in [5.74, 6) is -3.30. The van der Waals surface area contributed by atoms with E-state index in [0.717, 1.165) is 0 Å². The molecule has 0 bridgehead atoms. The van der Waals surface area contributed by atoms with Crippen molar-refractivity contribution in [3.05, 3.63) is 12.2 Å². The molecule has 1 unspecified atom stereocenters. The monoisotopic (exact) mass is 233 g/mol. The second-order valence-corrected chi connectivity index (χ2v) is 2.99. The summed E-state index contributed by atoms with van der Waals surface area (Å²) in [6, 6.07) is -0.380. The number of carboxylic acid groups (broad SMARTS) is 3. The lowest BCUT2D eigenvalue weighted by atomic mass is 10.3. The number of hydrogen-bond acceptors (Lipinski definition) is 4. The molecular weight excluding hydrogens is 218 g/mol. The van der Waals surface area contributed by atoms with Crippen molar-refractivity contribution in [3.8, 4) is 0 Å². The molecule has 0 heterocycles. The lowest BCUT2D eigenvalue weighted by Crippen LogP contribution is -2.32. The summed E-state index contributed by atoms with van der Waals surface area (Å²) >= 11 is 0. The lowest BCUT2D eigenvalue weighted by molar-refractivity contribution is -0.141. The second kappa shape index (κ2) is 8.42. The van der Waals surface area contributed by atoms with Gasteiger partial charge >= 0.3 is 17.9 Å². The van der Waals surface area contributed by atoms with Gasteiger partial charge in [-0.25, -0.2) is 9.59 Å². The zero-order valence-corrected chi connectivity index (χ0v) is 9.25. The molecule has 92 valence electrons. The number of aliphatic carboxylic acids is 3. The molecule has 0 aliphatic carbocycles. The molecule has 0 aromatic heterocycles. The van der Waals surface area contributed by atoms with Crippen LogP contribution in [0, 0.1) is 0 Å². The summed E-state index contributed by atoms with van der Waals surface area (Å²) in [6.45, 7) is 1.64. The first-order valence-electron chi connectivity index (χ1n) is 4.21. The average Bonchev–Trinajstić information content (AvgIpc) is 2.14. The minimum Gasteiger partial charge on any atom is -0.480 e. The molecule has 0 fully saturated rings. The zero-order chi connectivity index (χ0) is 13.3. The largest absolute Gasteiger partial charge is 0.480 e. The first kappa shape index (κ1) is 16.5. The first-order valence-corrected chi connectivity index (χ1v) is 4.21. The Morgan fingerprint density at radius 2 is 1.31 bits per heavy atom. The van der Waals surface area contributed by atoms with Crippen LogP contribution in [0.5, 0.6) is 0 Å². The third-order valence-corrected chi connectivity index (χ3v) is 1.50. The van der Waals surface area contributed by atoms with Gasteiger partial charge in [-0.15, -0.1) is 0 Å². The van der Waals surface area contributed by atoms with Gasteiger partial charge in [0.2, 0.25) is 0 Å². The Kier molecular flexibility index (Phi) is 8.70. The van der Waals surface area contributed by atoms with E-state index in [4.69, 9.17) is 15.3 Å². The quantitative estimate of drug-likeness (QED) is 0.572. The van der Waals surface area contributed by atoms with E-state index < -0.39 is 17.9 Å². The van der Waals surface area contributed by atoms with E-state index in [0.29, 0.717) is 12.2 Å². The molecule has 0 aromatic carbocycles. The number of rotatable bonds is 4. The summed E-state index contributed by atoms with van der Waals surface area (Å²) in [6.07, 6.45) is 1.12. The maximum absolute atomic E-state index is 10.1. The molecule has 0 saturated heterocycles. The number of hydrogen-bond donors (Lipinski definition) is 3. The van der Waals surface area contributed by atoms with Gasteiger partial charge in [-0.05, 0) is 21.0 Å². The van der Waals surface area contributed by atoms with Crippen molar-refractivity contribution < 1.29 is 29.7 Å². The molecule has 1 atom stereocenters. The maximum Gasteiger partial charge on any atom is 0.328 e. The highest BCUT2D eigenvalue weighted by Crippen LogP contribution is 1.88. The fourth-order valence-corrected chi connectivity index (χ4v) is 0.363. The summed E-state index contributed by atoms with van der Waals surface area (Å²) in [5, 5.41) is 23.9. The molecule has 7 nitrogen and oxygen atoms in total. The van der Waals surface area contributed by atoms with E-state index in [1.54, 1.807) is 25.9 Å². The third kappa shape index (κ3) is 12.1. The van der Waals surface area contributed by atoms with Crippen LogP contribution in [0.15, 0.2) is 12.2 Å². The van der Waals surface area contributed by atoms with Gasteiger partial charge in [0.05, 0.1) is 0 Å². The molecule has 0 spiro atoms. The molecule has 0 amide bonds. The van der Waals surface area contributed by atoms with Gasteiger partial charge in [0.25, 0.3) is 0 Å². The van der Waals surface area contributed by atoms with E-state index in [1.165, 1.54) is 0 Å². The summed E-state index contributed by atoms with van der Waals surface area (Å²) in [7, 11) is 3.47. The topological polar surface area (TPSA) is 115 Å². The van der Waals surface area contributed by atoms with Crippen LogP contribution in [0.2, 0.25) is 0 Å². The summed E-state index contributed by atoms with van der Waals surface area (Å²) < 4.78 is 0. The van der Waals surface area contributed by atoms with E-state index >= 15 is 0 Å². The van der Waals surface area contributed by atoms with Crippen molar-refractivity contribution in [3.63, 3.8) is 0 Å². The van der Waals surface area contributed by atoms with Crippen LogP contribution < -0.4 is 0 Å². The van der Waals surface area contributed by atoms with Gasteiger partial charge in [0.1, 0.15) is 6.04 Å². The first-order chi connectivity index (χ1) is 7.18. The van der Waals surface area contributed by atoms with Crippen molar-refractivity contribution in [1.29, 1.82) is 0 Å². The Morgan fingerprint density at radius 3 is 1.38 bits per heavy atom. The van der Waals surface area contributed by atoms with Crippen molar-refractivity contribution in [2.24, 2.45) is 0 Å². The number of carbonyl (C=O) groups is 3. The van der Waals surface area contributed by atoms with Crippen molar-refractivity contribution in [1.82, 2.24) is 4.90 Å². The van der Waals surface area contributed by atoms with Gasteiger partial charge in [-0.3, -0.25) is 9.69 Å². The van der Waals surface area contributed by atoms with Crippen LogP contribution in [0.1, 0.15) is 6.92 Å². The summed E-state index contributed by atoms with van der Waals surface area (Å²) in [4.78, 5) is 30.8. The van der Waals surface area contributed by atoms with E-state index in [1.807, 2.05) is 0 Å². The standard InChI is InChI=1S/C5H11NO2.C4H4O4/c1-4(5(7)8)6(2)3;5-3(6)1-2-4(7)8/h4H,1-3H3,(H,7,8);1-2H,(H,5,6)(H,7,8). The van der Waals surface area contributed by atoms with E-state index in [-0.39, 0.29) is 6.04 Å². The molecule has 0 aliphatic rings. The van der Waals surface area contributed by atoms with E-state index in [2.05, 4.69) is 0 Å². The number of nitrogens with zero attached hydrogens (tertiary/aromatic N) is 1. The molecule has 0 saturated carbocycles. The zero-order valence-electron chi connectivity index (χ0n) is 9.25. The number of likely N-dealkylation sites (N-methyl/N-ethyl adjacent to an activating group) is 1. The predicted molar refractivity (Wildman–Crippen MR) is 55.2 cm³/mol. The number of carboxylic acids is 3. The van der Waals surface area contributed by atoms with Gasteiger partial charge in [0.15, 0.2) is 0 Å². The van der Waals surface area contributed by atoms with Crippen molar-refractivity contribution in [2.75, 3.05) is 14.1 Å². The van der Waals surface area contributed by atoms with Crippen LogP contribution in [-0.2, 0) is 14.4 Å². The molecule has 0 rings (SSSR count). The highest BCUT2D eigenvalue weighted by molar-refractivity contribution is 5.89. The predicted octanol–water partition coefficient (Wildman–Crippen LogP) is -0.267. The highest BCUT2D eigenvalue weighted by atomic mass is 16.4. The molecular formula is C9H15NO6. The maximum atomic E-state index is 10.1. The fraction of sp³-hybridized carbons (Fsp3) is 0.444. The molecule has 0 radical (unpaired) electrons. The van der Waals surface area contributed by atoms with Crippen LogP contribution in [-0.4, -0.2) is 58.3 Å². The molecule has 7 heteroatoms. The minimum atomic E-state index is -1.26. The molecule has 16 heavy (non-hydrogen) atoms. The highest BCUT2D eigenvalue weighted by Gasteiger charge is 2.11. The van der Waals surface area contributed by atoms with Crippen molar-refractivity contribution in [2.45, 2.75) is 13.0 Å². The Bertz CT molecular complexity index is 268. The van der Waals surface area contributed by atoms with E-state index in [9.17, 15) is 14.4 Å². The van der Waals surface area contributed by atoms with Gasteiger partial charge in [0, 0.05) is 12.2 Å². The van der Waals surface area contributed by atoms with Crippen LogP contribution in [0.3, 0.4) is 0 Å². The van der Waals surface area contributed by atoms with Crippen LogP contribution >= 0.6 is 0 Å². The molecule has 0 aliphatic heterocycles. The van der Waals surface area contributed by atoms with Gasteiger partial charge in [-0.2, -0.15) is 0 Å². The van der Waals surface area contributed by atoms with Crippen LogP contribution in [0.4, 0.5) is 0 Å². The smallest absolute Gasteiger partial charge is 0.328 e.